The van der Waals surface area contributed by atoms with Crippen LogP contribution in [0.1, 0.15) is 29.9 Å². The average molecular weight is 399 g/mol. The number of alkyl halides is 2. The van der Waals surface area contributed by atoms with Gasteiger partial charge < -0.3 is 4.57 Å². The minimum absolute atomic E-state index is 0.170. The Morgan fingerprint density at radius 1 is 1.37 bits per heavy atom. The van der Waals surface area contributed by atoms with E-state index in [-0.39, 0.29) is 11.5 Å². The lowest BCUT2D eigenvalue weighted by Gasteiger charge is -2.43. The zero-order chi connectivity index (χ0) is 20.0. The van der Waals surface area contributed by atoms with Crippen molar-refractivity contribution in [3.8, 4) is 11.4 Å². The van der Waals surface area contributed by atoms with Gasteiger partial charge in [0.05, 0.1) is 0 Å². The van der Waals surface area contributed by atoms with Gasteiger partial charge in [0.15, 0.2) is 0 Å². The van der Waals surface area contributed by atoms with Crippen molar-refractivity contribution in [3.05, 3.63) is 54.0 Å². The molecule has 1 heterocycles. The van der Waals surface area contributed by atoms with Crippen LogP contribution in [0.2, 0.25) is 0 Å². The van der Waals surface area contributed by atoms with E-state index in [0.29, 0.717) is 11.0 Å². The lowest BCUT2D eigenvalue weighted by Crippen LogP contribution is -2.46. The van der Waals surface area contributed by atoms with Gasteiger partial charge in [0.2, 0.25) is 0 Å². The van der Waals surface area contributed by atoms with Gasteiger partial charge in [0.1, 0.15) is 17.3 Å². The van der Waals surface area contributed by atoms with Crippen molar-refractivity contribution in [2.24, 2.45) is 5.92 Å². The molecule has 1 aromatic heterocycles. The molecule has 6 nitrogen and oxygen atoms in total. The summed E-state index contributed by atoms with van der Waals surface area (Å²) in [7, 11) is -4.04. The van der Waals surface area contributed by atoms with E-state index >= 15 is 0 Å². The molecule has 27 heavy (non-hydrogen) atoms. The molecule has 0 radical (unpaired) electrons. The number of rotatable bonds is 5. The Morgan fingerprint density at radius 2 is 2.00 bits per heavy atom. The van der Waals surface area contributed by atoms with Crippen molar-refractivity contribution < 1.29 is 26.4 Å². The fourth-order valence-electron chi connectivity index (χ4n) is 2.89. The summed E-state index contributed by atoms with van der Waals surface area (Å²) in [5, 5.41) is 0.567. The Hall–Kier alpha value is -2.62. The summed E-state index contributed by atoms with van der Waals surface area (Å²) < 4.78 is 66.6. The minimum atomic E-state index is -4.04. The number of amides is 1. The zero-order valence-electron chi connectivity index (χ0n) is 14.2. The van der Waals surface area contributed by atoms with Gasteiger partial charge in [-0.05, 0) is 24.3 Å². The SMILES string of the molecule is C=CS(=O)(=O)NC(=O)c1cn([C@H]2CC(F)(F)[C@@H]2C)c(-c2ccc(F)cc2)n1. The van der Waals surface area contributed by atoms with Crippen LogP contribution in [0.15, 0.2) is 42.4 Å². The van der Waals surface area contributed by atoms with E-state index in [2.05, 4.69) is 11.6 Å². The first-order valence-corrected chi connectivity index (χ1v) is 9.51. The Kier molecular flexibility index (Phi) is 4.62. The lowest BCUT2D eigenvalue weighted by molar-refractivity contribution is -0.158. The lowest BCUT2D eigenvalue weighted by atomic mass is 9.76. The van der Waals surface area contributed by atoms with Crippen LogP contribution in [-0.2, 0) is 10.0 Å². The zero-order valence-corrected chi connectivity index (χ0v) is 15.0. The fraction of sp³-hybridized carbons (Fsp3) is 0.294. The van der Waals surface area contributed by atoms with Crippen molar-refractivity contribution in [2.45, 2.75) is 25.3 Å². The van der Waals surface area contributed by atoms with Gasteiger partial charge in [-0.3, -0.25) is 4.79 Å². The molecular weight excluding hydrogens is 383 g/mol. The molecular formula is C17H16F3N3O3S. The van der Waals surface area contributed by atoms with Gasteiger partial charge in [-0.15, -0.1) is 0 Å². The van der Waals surface area contributed by atoms with Crippen molar-refractivity contribution in [1.82, 2.24) is 14.3 Å². The number of halogens is 3. The Labute approximate surface area is 153 Å². The minimum Gasteiger partial charge on any atom is -0.326 e. The third kappa shape index (κ3) is 3.61. The first-order chi connectivity index (χ1) is 12.5. The van der Waals surface area contributed by atoms with Crippen LogP contribution < -0.4 is 4.72 Å². The Bertz CT molecular complexity index is 1000. The molecule has 0 spiro atoms. The molecule has 1 aliphatic rings. The molecule has 1 aromatic carbocycles. The number of nitrogens with one attached hydrogen (secondary N) is 1. The van der Waals surface area contributed by atoms with Crippen LogP contribution >= 0.6 is 0 Å². The van der Waals surface area contributed by atoms with E-state index in [1.807, 2.05) is 0 Å². The molecule has 1 N–H and O–H groups in total. The summed E-state index contributed by atoms with van der Waals surface area (Å²) in [6.07, 6.45) is 0.785. The number of hydrogen-bond donors (Lipinski definition) is 1. The predicted molar refractivity (Wildman–Crippen MR) is 92.0 cm³/mol. The summed E-state index contributed by atoms with van der Waals surface area (Å²) in [5.74, 6) is -5.18. The third-order valence-corrected chi connectivity index (χ3v) is 5.51. The van der Waals surface area contributed by atoms with E-state index in [1.165, 1.54) is 42.0 Å². The van der Waals surface area contributed by atoms with E-state index in [0.717, 1.165) is 0 Å². The van der Waals surface area contributed by atoms with E-state index < -0.39 is 46.1 Å². The molecule has 2 aromatic rings. The number of hydrogen-bond acceptors (Lipinski definition) is 4. The molecule has 144 valence electrons. The van der Waals surface area contributed by atoms with Crippen LogP contribution in [0.25, 0.3) is 11.4 Å². The number of carbonyl (C=O) groups excluding carboxylic acids is 1. The van der Waals surface area contributed by atoms with Crippen LogP contribution in [0.3, 0.4) is 0 Å². The van der Waals surface area contributed by atoms with Crippen LogP contribution in [0.5, 0.6) is 0 Å². The summed E-state index contributed by atoms with van der Waals surface area (Å²) in [6, 6.07) is 4.52. The monoisotopic (exact) mass is 399 g/mol. The maximum Gasteiger partial charge on any atom is 0.285 e. The number of aromatic nitrogens is 2. The molecule has 3 rings (SSSR count). The highest BCUT2D eigenvalue weighted by molar-refractivity contribution is 7.92. The molecule has 1 aliphatic carbocycles. The topological polar surface area (TPSA) is 81.1 Å². The second-order valence-electron chi connectivity index (χ2n) is 6.33. The third-order valence-electron chi connectivity index (χ3n) is 4.60. The van der Waals surface area contributed by atoms with Crippen molar-refractivity contribution in [1.29, 1.82) is 0 Å². The van der Waals surface area contributed by atoms with Gasteiger partial charge >= 0.3 is 0 Å². The van der Waals surface area contributed by atoms with Crippen LogP contribution in [0, 0.1) is 11.7 Å². The van der Waals surface area contributed by atoms with E-state index in [4.69, 9.17) is 0 Å². The molecule has 0 bridgehead atoms. The molecule has 0 saturated heterocycles. The largest absolute Gasteiger partial charge is 0.326 e. The number of imidazole rings is 1. The quantitative estimate of drug-likeness (QED) is 0.838. The van der Waals surface area contributed by atoms with E-state index in [1.54, 1.807) is 4.72 Å². The average Bonchev–Trinajstić information content (AvgIpc) is 3.05. The van der Waals surface area contributed by atoms with Gasteiger partial charge in [0.25, 0.3) is 21.9 Å². The molecule has 0 aliphatic heterocycles. The molecule has 10 heteroatoms. The van der Waals surface area contributed by atoms with Crippen LogP contribution in [-0.4, -0.2) is 29.8 Å². The van der Waals surface area contributed by atoms with E-state index in [9.17, 15) is 26.4 Å². The van der Waals surface area contributed by atoms with Crippen molar-refractivity contribution >= 4 is 15.9 Å². The fourth-order valence-corrected chi connectivity index (χ4v) is 3.34. The number of carbonyl (C=O) groups is 1. The van der Waals surface area contributed by atoms with Gasteiger partial charge in [-0.1, -0.05) is 13.5 Å². The first-order valence-electron chi connectivity index (χ1n) is 7.96. The molecule has 2 atom stereocenters. The highest BCUT2D eigenvalue weighted by atomic mass is 32.2. The number of benzene rings is 1. The maximum atomic E-state index is 13.6. The Morgan fingerprint density at radius 3 is 2.52 bits per heavy atom. The van der Waals surface area contributed by atoms with Gasteiger partial charge in [0, 0.05) is 35.5 Å². The second-order valence-corrected chi connectivity index (χ2v) is 7.96. The summed E-state index contributed by atoms with van der Waals surface area (Å²) >= 11 is 0. The Balaban J connectivity index is 2.03. The summed E-state index contributed by atoms with van der Waals surface area (Å²) in [5.41, 5.74) is 0.145. The van der Waals surface area contributed by atoms with Crippen molar-refractivity contribution in [3.63, 3.8) is 0 Å². The predicted octanol–water partition coefficient (Wildman–Crippen LogP) is 3.11. The number of sulfonamides is 1. The highest BCUT2D eigenvalue weighted by Gasteiger charge is 2.54. The second kappa shape index (κ2) is 6.52. The summed E-state index contributed by atoms with van der Waals surface area (Å²) in [6.45, 7) is 4.47. The molecule has 0 unspecified atom stereocenters. The highest BCUT2D eigenvalue weighted by Crippen LogP contribution is 2.51. The van der Waals surface area contributed by atoms with Crippen molar-refractivity contribution in [2.75, 3.05) is 0 Å². The molecule has 1 fully saturated rings. The molecule has 1 amide bonds. The van der Waals surface area contributed by atoms with Gasteiger partial charge in [-0.2, -0.15) is 0 Å². The first kappa shape index (κ1) is 19.2. The smallest absolute Gasteiger partial charge is 0.285 e. The van der Waals surface area contributed by atoms with Crippen LogP contribution in [0.4, 0.5) is 13.2 Å². The number of nitrogens with zero attached hydrogens (tertiary/aromatic N) is 2. The maximum absolute atomic E-state index is 13.6. The van der Waals surface area contributed by atoms with Gasteiger partial charge in [-0.25, -0.2) is 31.3 Å². The normalized spacial score (nSPS) is 21.3. The molecule has 1 saturated carbocycles. The standard InChI is InChI=1S/C17H16F3N3O3S/c1-3-27(25,26)22-16(24)13-9-23(14-8-17(19,20)10(14)2)15(21-13)11-4-6-12(18)7-5-11/h3-7,9-10,14H,1,8H2,2H3,(H,22,24)/t10-,14+/m1/s1. The summed E-state index contributed by atoms with van der Waals surface area (Å²) in [4.78, 5) is 16.3.